The van der Waals surface area contributed by atoms with Crippen molar-refractivity contribution in [3.05, 3.63) is 23.2 Å². The summed E-state index contributed by atoms with van der Waals surface area (Å²) < 4.78 is 0. The summed E-state index contributed by atoms with van der Waals surface area (Å²) in [5.74, 6) is 0. The van der Waals surface area contributed by atoms with Gasteiger partial charge in [-0.05, 0) is 0 Å². The first kappa shape index (κ1) is 11.0. The van der Waals surface area contributed by atoms with Crippen LogP contribution in [-0.4, -0.2) is 57.0 Å². The maximum absolute atomic E-state index is 2.28. The molecule has 3 nitrogen and oxygen atoms in total. The van der Waals surface area contributed by atoms with Crippen LogP contribution in [0.2, 0.25) is 0 Å². The summed E-state index contributed by atoms with van der Waals surface area (Å²) in [6.07, 6.45) is 3.32. The summed E-state index contributed by atoms with van der Waals surface area (Å²) in [6, 6.07) is 0. The van der Waals surface area contributed by atoms with Crippen LogP contribution in [0.5, 0.6) is 0 Å². The van der Waals surface area contributed by atoms with Crippen molar-refractivity contribution in [3.8, 4) is 0 Å². The Labute approximate surface area is 87.3 Å². The molecule has 0 spiro atoms. The minimum atomic E-state index is 1.04. The highest BCUT2D eigenvalue weighted by Gasteiger charge is 2.21. The van der Waals surface area contributed by atoms with Crippen molar-refractivity contribution >= 4 is 0 Å². The van der Waals surface area contributed by atoms with E-state index in [0.717, 1.165) is 6.42 Å². The minimum absolute atomic E-state index is 1.04. The molecular weight excluding hydrogens is 174 g/mol. The molecule has 14 heavy (non-hydrogen) atoms. The Hall–Kier alpha value is -1.12. The molecule has 0 fully saturated rings. The van der Waals surface area contributed by atoms with Crippen LogP contribution >= 0.6 is 0 Å². The van der Waals surface area contributed by atoms with Crippen LogP contribution in [0.15, 0.2) is 23.2 Å². The fourth-order valence-corrected chi connectivity index (χ4v) is 1.81. The fraction of sp³-hybridized carbons (Fsp3) is 0.636. The average molecular weight is 195 g/mol. The third-order valence-electron chi connectivity index (χ3n) is 2.47. The molecule has 0 atom stereocenters. The van der Waals surface area contributed by atoms with Crippen molar-refractivity contribution in [1.29, 1.82) is 0 Å². The predicted octanol–water partition coefficient (Wildman–Crippen LogP) is 1.17. The summed E-state index contributed by atoms with van der Waals surface area (Å²) >= 11 is 0. The van der Waals surface area contributed by atoms with Gasteiger partial charge in [-0.25, -0.2) is 0 Å². The fourth-order valence-electron chi connectivity index (χ4n) is 1.81. The molecule has 0 N–H and O–H groups in total. The molecule has 0 saturated heterocycles. The van der Waals surface area contributed by atoms with Gasteiger partial charge >= 0.3 is 0 Å². The highest BCUT2D eigenvalue weighted by molar-refractivity contribution is 5.39. The van der Waals surface area contributed by atoms with E-state index in [2.05, 4.69) is 63.1 Å². The molecule has 0 heterocycles. The molecule has 80 valence electrons. The van der Waals surface area contributed by atoms with E-state index in [1.54, 1.807) is 0 Å². The maximum atomic E-state index is 2.28. The Bertz CT molecular complexity index is 272. The molecule has 0 radical (unpaired) electrons. The standard InChI is InChI=1S/C11H21N3/c1-12(2)9-7-8-10(13(3)4)11(9)14(5)6/h7H,8H2,1-6H3. The van der Waals surface area contributed by atoms with E-state index in [1.165, 1.54) is 17.1 Å². The SMILES string of the molecule is CN(C)C1=CCC(N(C)C)=C1N(C)C. The third kappa shape index (κ3) is 1.86. The molecule has 0 aromatic heterocycles. The predicted molar refractivity (Wildman–Crippen MR) is 60.8 cm³/mol. The second kappa shape index (κ2) is 3.95. The summed E-state index contributed by atoms with van der Waals surface area (Å²) in [6.45, 7) is 0. The van der Waals surface area contributed by atoms with E-state index in [4.69, 9.17) is 0 Å². The minimum Gasteiger partial charge on any atom is -0.379 e. The first-order valence-corrected chi connectivity index (χ1v) is 4.90. The van der Waals surface area contributed by atoms with Crippen LogP contribution in [0.1, 0.15) is 6.42 Å². The largest absolute Gasteiger partial charge is 0.379 e. The van der Waals surface area contributed by atoms with E-state index in [1.807, 2.05) is 0 Å². The lowest BCUT2D eigenvalue weighted by atomic mass is 10.3. The molecule has 0 bridgehead atoms. The number of rotatable bonds is 3. The zero-order valence-corrected chi connectivity index (χ0v) is 10.1. The van der Waals surface area contributed by atoms with Crippen molar-refractivity contribution in [3.63, 3.8) is 0 Å². The molecule has 0 aromatic rings. The Kier molecular flexibility index (Phi) is 3.09. The maximum Gasteiger partial charge on any atom is 0.0793 e. The van der Waals surface area contributed by atoms with Crippen LogP contribution in [0.25, 0.3) is 0 Å². The molecule has 0 aliphatic heterocycles. The zero-order chi connectivity index (χ0) is 10.9. The summed E-state index contributed by atoms with van der Waals surface area (Å²) in [7, 11) is 12.6. The molecule has 1 rings (SSSR count). The quantitative estimate of drug-likeness (QED) is 0.669. The summed E-state index contributed by atoms with van der Waals surface area (Å²) in [4.78, 5) is 6.56. The topological polar surface area (TPSA) is 9.72 Å². The van der Waals surface area contributed by atoms with E-state index in [0.29, 0.717) is 0 Å². The van der Waals surface area contributed by atoms with Crippen molar-refractivity contribution in [2.75, 3.05) is 42.3 Å². The second-order valence-corrected chi connectivity index (χ2v) is 4.27. The van der Waals surface area contributed by atoms with Gasteiger partial charge < -0.3 is 14.7 Å². The lowest BCUT2D eigenvalue weighted by Crippen LogP contribution is -2.24. The van der Waals surface area contributed by atoms with E-state index in [9.17, 15) is 0 Å². The smallest absolute Gasteiger partial charge is 0.0793 e. The van der Waals surface area contributed by atoms with Crippen molar-refractivity contribution in [2.24, 2.45) is 0 Å². The van der Waals surface area contributed by atoms with E-state index >= 15 is 0 Å². The van der Waals surface area contributed by atoms with Gasteiger partial charge in [0.15, 0.2) is 0 Å². The van der Waals surface area contributed by atoms with Gasteiger partial charge in [-0.1, -0.05) is 6.08 Å². The van der Waals surface area contributed by atoms with Crippen LogP contribution < -0.4 is 0 Å². The Balaban J connectivity index is 3.04. The Morgan fingerprint density at radius 2 is 1.43 bits per heavy atom. The van der Waals surface area contributed by atoms with Gasteiger partial charge in [-0.2, -0.15) is 0 Å². The van der Waals surface area contributed by atoms with Crippen molar-refractivity contribution in [1.82, 2.24) is 14.7 Å². The Morgan fingerprint density at radius 3 is 1.79 bits per heavy atom. The molecule has 3 heteroatoms. The molecule has 0 aromatic carbocycles. The zero-order valence-electron chi connectivity index (χ0n) is 10.1. The normalized spacial score (nSPS) is 15.7. The van der Waals surface area contributed by atoms with Crippen LogP contribution in [0.4, 0.5) is 0 Å². The number of allylic oxidation sites excluding steroid dienone is 1. The summed E-state index contributed by atoms with van der Waals surface area (Å²) in [5.41, 5.74) is 4.04. The van der Waals surface area contributed by atoms with Gasteiger partial charge in [-0.15, -0.1) is 0 Å². The van der Waals surface area contributed by atoms with Crippen molar-refractivity contribution < 1.29 is 0 Å². The van der Waals surface area contributed by atoms with Gasteiger partial charge in [-0.3, -0.25) is 0 Å². The monoisotopic (exact) mass is 195 g/mol. The van der Waals surface area contributed by atoms with Crippen LogP contribution in [-0.2, 0) is 0 Å². The first-order valence-electron chi connectivity index (χ1n) is 4.90. The average Bonchev–Trinajstić information content (AvgIpc) is 2.46. The van der Waals surface area contributed by atoms with Crippen molar-refractivity contribution in [2.45, 2.75) is 6.42 Å². The highest BCUT2D eigenvalue weighted by Crippen LogP contribution is 2.29. The first-order chi connectivity index (χ1) is 6.45. The second-order valence-electron chi connectivity index (χ2n) is 4.27. The third-order valence-corrected chi connectivity index (χ3v) is 2.47. The van der Waals surface area contributed by atoms with Gasteiger partial charge in [0.1, 0.15) is 0 Å². The molecule has 1 aliphatic carbocycles. The lowest BCUT2D eigenvalue weighted by Gasteiger charge is -2.26. The van der Waals surface area contributed by atoms with E-state index in [-0.39, 0.29) is 0 Å². The van der Waals surface area contributed by atoms with Gasteiger partial charge in [0.05, 0.1) is 11.4 Å². The van der Waals surface area contributed by atoms with E-state index < -0.39 is 0 Å². The number of nitrogens with zero attached hydrogens (tertiary/aromatic N) is 3. The summed E-state index contributed by atoms with van der Waals surface area (Å²) in [5, 5.41) is 0. The van der Waals surface area contributed by atoms with Gasteiger partial charge in [0.25, 0.3) is 0 Å². The Morgan fingerprint density at radius 1 is 0.857 bits per heavy atom. The molecular formula is C11H21N3. The molecule has 0 amide bonds. The molecule has 0 saturated carbocycles. The molecule has 1 aliphatic rings. The lowest BCUT2D eigenvalue weighted by molar-refractivity contribution is 0.416. The van der Waals surface area contributed by atoms with Gasteiger partial charge in [0, 0.05) is 54.4 Å². The highest BCUT2D eigenvalue weighted by atomic mass is 15.2. The van der Waals surface area contributed by atoms with Crippen LogP contribution in [0, 0.1) is 0 Å². The number of hydrogen-bond acceptors (Lipinski definition) is 3. The van der Waals surface area contributed by atoms with Crippen LogP contribution in [0.3, 0.4) is 0 Å². The number of likely N-dealkylation sites (N-methyl/N-ethyl adjacent to an activating group) is 2. The number of hydrogen-bond donors (Lipinski definition) is 0. The van der Waals surface area contributed by atoms with Gasteiger partial charge in [0.2, 0.25) is 0 Å². The molecule has 0 unspecified atom stereocenters.